The van der Waals surface area contributed by atoms with Gasteiger partial charge in [-0.15, -0.1) is 5.10 Å². The molecule has 1 aliphatic rings. The summed E-state index contributed by atoms with van der Waals surface area (Å²) in [6.45, 7) is 5.30. The SMILES string of the molecule is Cc1ccc(C(=O)NCCNc2cc(N3CCCC3)cnn2)cc1. The van der Waals surface area contributed by atoms with E-state index in [-0.39, 0.29) is 5.91 Å². The van der Waals surface area contributed by atoms with Crippen molar-refractivity contribution in [2.45, 2.75) is 19.8 Å². The molecule has 0 aliphatic carbocycles. The molecule has 6 heteroatoms. The molecule has 3 rings (SSSR count). The van der Waals surface area contributed by atoms with Crippen LogP contribution in [-0.2, 0) is 0 Å². The molecule has 1 amide bonds. The maximum absolute atomic E-state index is 12.0. The normalized spacial score (nSPS) is 13.8. The van der Waals surface area contributed by atoms with E-state index in [2.05, 4.69) is 25.7 Å². The third-order valence-electron chi connectivity index (χ3n) is 4.14. The lowest BCUT2D eigenvalue weighted by Gasteiger charge is -2.17. The van der Waals surface area contributed by atoms with Crippen LogP contribution in [0.1, 0.15) is 28.8 Å². The minimum absolute atomic E-state index is 0.0614. The quantitative estimate of drug-likeness (QED) is 0.797. The van der Waals surface area contributed by atoms with Crippen molar-refractivity contribution in [2.24, 2.45) is 0 Å². The van der Waals surface area contributed by atoms with Gasteiger partial charge >= 0.3 is 0 Å². The molecule has 1 aliphatic heterocycles. The largest absolute Gasteiger partial charge is 0.370 e. The van der Waals surface area contributed by atoms with Crippen LogP contribution >= 0.6 is 0 Å². The van der Waals surface area contributed by atoms with E-state index in [0.717, 1.165) is 30.2 Å². The number of carbonyl (C=O) groups is 1. The minimum Gasteiger partial charge on any atom is -0.370 e. The molecule has 126 valence electrons. The predicted molar refractivity (Wildman–Crippen MR) is 95.5 cm³/mol. The van der Waals surface area contributed by atoms with Crippen LogP contribution in [0.3, 0.4) is 0 Å². The Kier molecular flexibility index (Phi) is 5.25. The number of anilines is 2. The van der Waals surface area contributed by atoms with E-state index < -0.39 is 0 Å². The molecule has 1 aromatic heterocycles. The topological polar surface area (TPSA) is 70.2 Å². The lowest BCUT2D eigenvalue weighted by atomic mass is 10.1. The van der Waals surface area contributed by atoms with Crippen LogP contribution in [0.15, 0.2) is 36.5 Å². The molecule has 0 saturated carbocycles. The first-order valence-corrected chi connectivity index (χ1v) is 8.39. The Morgan fingerprint density at radius 3 is 2.67 bits per heavy atom. The Labute approximate surface area is 142 Å². The first-order chi connectivity index (χ1) is 11.7. The lowest BCUT2D eigenvalue weighted by molar-refractivity contribution is 0.0955. The molecule has 6 nitrogen and oxygen atoms in total. The number of aryl methyl sites for hydroxylation is 1. The molecule has 1 fully saturated rings. The van der Waals surface area contributed by atoms with Gasteiger partial charge in [-0.25, -0.2) is 0 Å². The van der Waals surface area contributed by atoms with Gasteiger partial charge in [0.05, 0.1) is 11.9 Å². The fourth-order valence-electron chi connectivity index (χ4n) is 2.76. The van der Waals surface area contributed by atoms with Gasteiger partial charge in [-0.3, -0.25) is 4.79 Å². The van der Waals surface area contributed by atoms with Gasteiger partial charge in [0.1, 0.15) is 0 Å². The van der Waals surface area contributed by atoms with Crippen molar-refractivity contribution < 1.29 is 4.79 Å². The Morgan fingerprint density at radius 1 is 1.17 bits per heavy atom. The average Bonchev–Trinajstić information content (AvgIpc) is 3.14. The van der Waals surface area contributed by atoms with Crippen LogP contribution in [0.2, 0.25) is 0 Å². The Balaban J connectivity index is 1.45. The third kappa shape index (κ3) is 4.22. The van der Waals surface area contributed by atoms with Crippen molar-refractivity contribution >= 4 is 17.4 Å². The number of hydrogen-bond acceptors (Lipinski definition) is 5. The number of hydrogen-bond donors (Lipinski definition) is 2. The number of amides is 1. The fourth-order valence-corrected chi connectivity index (χ4v) is 2.76. The predicted octanol–water partition coefficient (Wildman–Crippen LogP) is 2.23. The highest BCUT2D eigenvalue weighted by molar-refractivity contribution is 5.94. The van der Waals surface area contributed by atoms with Gasteiger partial charge in [-0.2, -0.15) is 5.10 Å². The second-order valence-corrected chi connectivity index (χ2v) is 6.04. The molecule has 1 aromatic carbocycles. The number of benzene rings is 1. The van der Waals surface area contributed by atoms with Gasteiger partial charge in [0.25, 0.3) is 5.91 Å². The molecule has 2 heterocycles. The van der Waals surface area contributed by atoms with E-state index in [9.17, 15) is 4.79 Å². The Morgan fingerprint density at radius 2 is 1.92 bits per heavy atom. The number of nitrogens with zero attached hydrogens (tertiary/aromatic N) is 3. The summed E-state index contributed by atoms with van der Waals surface area (Å²) in [6, 6.07) is 9.56. The van der Waals surface area contributed by atoms with Gasteiger partial charge in [-0.1, -0.05) is 17.7 Å². The fraction of sp³-hybridized carbons (Fsp3) is 0.389. The van der Waals surface area contributed by atoms with E-state index in [1.807, 2.05) is 37.3 Å². The molecule has 24 heavy (non-hydrogen) atoms. The van der Waals surface area contributed by atoms with Crippen LogP contribution in [0.4, 0.5) is 11.5 Å². The monoisotopic (exact) mass is 325 g/mol. The third-order valence-corrected chi connectivity index (χ3v) is 4.14. The molecule has 2 N–H and O–H groups in total. The highest BCUT2D eigenvalue weighted by Crippen LogP contribution is 2.20. The smallest absolute Gasteiger partial charge is 0.251 e. The first kappa shape index (κ1) is 16.2. The van der Waals surface area contributed by atoms with E-state index in [0.29, 0.717) is 18.7 Å². The second kappa shape index (κ2) is 7.77. The van der Waals surface area contributed by atoms with E-state index >= 15 is 0 Å². The van der Waals surface area contributed by atoms with Crippen molar-refractivity contribution in [1.29, 1.82) is 0 Å². The number of rotatable bonds is 6. The van der Waals surface area contributed by atoms with Crippen molar-refractivity contribution in [3.8, 4) is 0 Å². The van der Waals surface area contributed by atoms with E-state index in [1.54, 1.807) is 6.20 Å². The van der Waals surface area contributed by atoms with Gasteiger partial charge in [0, 0.05) is 37.8 Å². The number of carbonyl (C=O) groups excluding carboxylic acids is 1. The summed E-state index contributed by atoms with van der Waals surface area (Å²) in [6.07, 6.45) is 4.27. The van der Waals surface area contributed by atoms with Gasteiger partial charge < -0.3 is 15.5 Å². The molecule has 2 aromatic rings. The van der Waals surface area contributed by atoms with Crippen LogP contribution in [0.5, 0.6) is 0 Å². The molecule has 1 saturated heterocycles. The van der Waals surface area contributed by atoms with E-state index in [4.69, 9.17) is 0 Å². The zero-order chi connectivity index (χ0) is 16.8. The van der Waals surface area contributed by atoms with Crippen LogP contribution in [0, 0.1) is 6.92 Å². The zero-order valence-electron chi connectivity index (χ0n) is 14.0. The second-order valence-electron chi connectivity index (χ2n) is 6.04. The van der Waals surface area contributed by atoms with Crippen molar-refractivity contribution in [3.05, 3.63) is 47.7 Å². The van der Waals surface area contributed by atoms with Gasteiger partial charge in [0.2, 0.25) is 0 Å². The summed E-state index contributed by atoms with van der Waals surface area (Å²) in [5.74, 6) is 0.678. The lowest BCUT2D eigenvalue weighted by Crippen LogP contribution is -2.29. The Hall–Kier alpha value is -2.63. The molecule has 0 radical (unpaired) electrons. The summed E-state index contributed by atoms with van der Waals surface area (Å²) in [4.78, 5) is 14.3. The number of nitrogens with one attached hydrogen (secondary N) is 2. The molecule has 0 unspecified atom stereocenters. The molecular weight excluding hydrogens is 302 g/mol. The average molecular weight is 325 g/mol. The van der Waals surface area contributed by atoms with E-state index in [1.165, 1.54) is 12.8 Å². The highest BCUT2D eigenvalue weighted by Gasteiger charge is 2.13. The molecule has 0 spiro atoms. The highest BCUT2D eigenvalue weighted by atomic mass is 16.1. The van der Waals surface area contributed by atoms with Crippen LogP contribution in [0.25, 0.3) is 0 Å². The maximum Gasteiger partial charge on any atom is 0.251 e. The summed E-state index contributed by atoms with van der Waals surface area (Å²) < 4.78 is 0. The molecule has 0 bridgehead atoms. The molecule has 0 atom stereocenters. The minimum atomic E-state index is -0.0614. The Bertz CT molecular complexity index is 680. The van der Waals surface area contributed by atoms with Crippen LogP contribution < -0.4 is 15.5 Å². The van der Waals surface area contributed by atoms with Gasteiger partial charge in [-0.05, 0) is 31.9 Å². The first-order valence-electron chi connectivity index (χ1n) is 8.39. The summed E-state index contributed by atoms with van der Waals surface area (Å²) >= 11 is 0. The van der Waals surface area contributed by atoms with Crippen molar-refractivity contribution in [2.75, 3.05) is 36.4 Å². The maximum atomic E-state index is 12.0. The van der Waals surface area contributed by atoms with Crippen molar-refractivity contribution in [1.82, 2.24) is 15.5 Å². The van der Waals surface area contributed by atoms with Crippen molar-refractivity contribution in [3.63, 3.8) is 0 Å². The van der Waals surface area contributed by atoms with Gasteiger partial charge in [0.15, 0.2) is 5.82 Å². The standard InChI is InChI=1S/C18H23N5O/c1-14-4-6-15(7-5-14)18(24)20-9-8-19-17-12-16(13-21-22-17)23-10-2-3-11-23/h4-7,12-13H,2-3,8-11H2,1H3,(H,19,22)(H,20,24). The summed E-state index contributed by atoms with van der Waals surface area (Å²) in [5.41, 5.74) is 2.93. The summed E-state index contributed by atoms with van der Waals surface area (Å²) in [5, 5.41) is 14.3. The van der Waals surface area contributed by atoms with Crippen LogP contribution in [-0.4, -0.2) is 42.3 Å². The zero-order valence-corrected chi connectivity index (χ0v) is 14.0. The number of aromatic nitrogens is 2. The molecular formula is C18H23N5O. The summed E-state index contributed by atoms with van der Waals surface area (Å²) in [7, 11) is 0.